The lowest BCUT2D eigenvalue weighted by molar-refractivity contribution is 0.0767. The number of aliphatic hydroxyl groups excluding tert-OH is 1. The minimum atomic E-state index is -0.0308. The molecule has 0 unspecified atom stereocenters. The summed E-state index contributed by atoms with van der Waals surface area (Å²) in [7, 11) is 1.84. The van der Waals surface area contributed by atoms with Crippen LogP contribution in [0.15, 0.2) is 18.3 Å². The maximum Gasteiger partial charge on any atom is 0.272 e. The van der Waals surface area contributed by atoms with Crippen LogP contribution in [0, 0.1) is 17.8 Å². The molecule has 2 rings (SSSR count). The lowest BCUT2D eigenvalue weighted by Crippen LogP contribution is -2.31. The second-order valence-corrected chi connectivity index (χ2v) is 5.54. The lowest BCUT2D eigenvalue weighted by atomic mass is 10.1. The van der Waals surface area contributed by atoms with Gasteiger partial charge in [0.25, 0.3) is 5.91 Å². The lowest BCUT2D eigenvalue weighted by Gasteiger charge is -2.20. The molecule has 1 aromatic heterocycles. The van der Waals surface area contributed by atoms with Gasteiger partial charge in [0.15, 0.2) is 0 Å². The fourth-order valence-corrected chi connectivity index (χ4v) is 2.67. The molecule has 1 aliphatic carbocycles. The van der Waals surface area contributed by atoms with Crippen molar-refractivity contribution in [2.45, 2.75) is 32.1 Å². The van der Waals surface area contributed by atoms with Crippen molar-refractivity contribution >= 4 is 5.91 Å². The summed E-state index contributed by atoms with van der Waals surface area (Å²) in [4.78, 5) is 18.3. The summed E-state index contributed by atoms with van der Waals surface area (Å²) in [5.41, 5.74) is 1.22. The number of carbonyl (C=O) groups is 1. The second-order valence-electron chi connectivity index (χ2n) is 5.54. The highest BCUT2D eigenvalue weighted by atomic mass is 16.2. The Hall–Kier alpha value is -1.86. The maximum atomic E-state index is 12.3. The van der Waals surface area contributed by atoms with Gasteiger partial charge in [-0.05, 0) is 30.9 Å². The van der Waals surface area contributed by atoms with Crippen LogP contribution in [0.25, 0.3) is 0 Å². The van der Waals surface area contributed by atoms with E-state index in [0.717, 1.165) is 12.1 Å². The van der Waals surface area contributed by atoms with E-state index in [1.165, 1.54) is 25.7 Å². The molecule has 0 aromatic carbocycles. The van der Waals surface area contributed by atoms with Crippen LogP contribution in [0.3, 0.4) is 0 Å². The van der Waals surface area contributed by atoms with E-state index >= 15 is 0 Å². The molecule has 112 valence electrons. The number of aliphatic hydroxyl groups is 1. The normalized spacial score (nSPS) is 14.6. The van der Waals surface area contributed by atoms with E-state index in [1.807, 2.05) is 7.05 Å². The van der Waals surface area contributed by atoms with Crippen LogP contribution in [0.2, 0.25) is 0 Å². The predicted molar refractivity (Wildman–Crippen MR) is 81.7 cm³/mol. The molecule has 0 aliphatic heterocycles. The van der Waals surface area contributed by atoms with Crippen LogP contribution in [-0.2, 0) is 0 Å². The Morgan fingerprint density at radius 1 is 1.43 bits per heavy atom. The summed E-state index contributed by atoms with van der Waals surface area (Å²) in [5.74, 6) is 6.35. The van der Waals surface area contributed by atoms with Crippen molar-refractivity contribution < 1.29 is 9.90 Å². The Kier molecular flexibility index (Phi) is 5.77. The van der Waals surface area contributed by atoms with Crippen LogP contribution >= 0.6 is 0 Å². The van der Waals surface area contributed by atoms with Crippen molar-refractivity contribution in [2.75, 3.05) is 20.2 Å². The zero-order valence-electron chi connectivity index (χ0n) is 12.5. The molecule has 1 aliphatic rings. The Balaban J connectivity index is 1.94. The average molecular weight is 286 g/mol. The minimum Gasteiger partial charge on any atom is -0.395 e. The number of hydrogen-bond donors (Lipinski definition) is 1. The number of nitrogens with zero attached hydrogens (tertiary/aromatic N) is 2. The van der Waals surface area contributed by atoms with Crippen molar-refractivity contribution in [3.05, 3.63) is 29.6 Å². The number of rotatable bonds is 4. The van der Waals surface area contributed by atoms with Crippen LogP contribution in [0.5, 0.6) is 0 Å². The predicted octanol–water partition coefficient (Wildman–Crippen LogP) is 2.08. The molecular formula is C17H22N2O2. The number of pyridine rings is 1. The standard InChI is InChI=1S/C17H22N2O2/c1-19(13-15-7-2-3-8-15)17(21)16-10-9-14(12-18-16)6-4-5-11-20/h9-10,12,15,20H,2-3,5,7-8,11,13H2,1H3. The van der Waals surface area contributed by atoms with E-state index < -0.39 is 0 Å². The van der Waals surface area contributed by atoms with Gasteiger partial charge in [0, 0.05) is 31.8 Å². The van der Waals surface area contributed by atoms with Crippen LogP contribution in [-0.4, -0.2) is 41.1 Å². The van der Waals surface area contributed by atoms with Crippen LogP contribution < -0.4 is 0 Å². The molecule has 1 heterocycles. The third-order valence-electron chi connectivity index (χ3n) is 3.81. The highest BCUT2D eigenvalue weighted by molar-refractivity contribution is 5.92. The molecule has 1 aromatic rings. The monoisotopic (exact) mass is 286 g/mol. The molecule has 1 amide bonds. The fraction of sp³-hybridized carbons (Fsp3) is 0.529. The fourth-order valence-electron chi connectivity index (χ4n) is 2.67. The van der Waals surface area contributed by atoms with E-state index in [-0.39, 0.29) is 12.5 Å². The Morgan fingerprint density at radius 2 is 2.19 bits per heavy atom. The first-order valence-electron chi connectivity index (χ1n) is 7.52. The molecular weight excluding hydrogens is 264 g/mol. The zero-order chi connectivity index (χ0) is 15.1. The molecule has 4 nitrogen and oxygen atoms in total. The van der Waals surface area contributed by atoms with E-state index in [1.54, 1.807) is 23.2 Å². The van der Waals surface area contributed by atoms with Gasteiger partial charge in [-0.15, -0.1) is 0 Å². The van der Waals surface area contributed by atoms with Crippen molar-refractivity contribution in [1.29, 1.82) is 0 Å². The van der Waals surface area contributed by atoms with Gasteiger partial charge in [-0.25, -0.2) is 4.98 Å². The Labute approximate surface area is 126 Å². The Morgan fingerprint density at radius 3 is 2.81 bits per heavy atom. The van der Waals surface area contributed by atoms with Crippen molar-refractivity contribution in [3.63, 3.8) is 0 Å². The van der Waals surface area contributed by atoms with Gasteiger partial charge in [0.1, 0.15) is 5.69 Å². The molecule has 0 saturated heterocycles. The first kappa shape index (κ1) is 15.5. The zero-order valence-corrected chi connectivity index (χ0v) is 12.5. The molecule has 0 spiro atoms. The summed E-state index contributed by atoms with van der Waals surface area (Å²) in [6, 6.07) is 3.52. The highest BCUT2D eigenvalue weighted by Gasteiger charge is 2.20. The van der Waals surface area contributed by atoms with E-state index in [2.05, 4.69) is 16.8 Å². The van der Waals surface area contributed by atoms with E-state index in [4.69, 9.17) is 5.11 Å². The van der Waals surface area contributed by atoms with Crippen LogP contribution in [0.1, 0.15) is 48.2 Å². The second kappa shape index (κ2) is 7.80. The number of hydrogen-bond acceptors (Lipinski definition) is 3. The minimum absolute atomic E-state index is 0.0308. The molecule has 0 atom stereocenters. The number of amides is 1. The molecule has 0 radical (unpaired) electrons. The summed E-state index contributed by atoms with van der Waals surface area (Å²) in [6.07, 6.45) is 7.08. The quantitative estimate of drug-likeness (QED) is 0.862. The van der Waals surface area contributed by atoms with Gasteiger partial charge < -0.3 is 10.0 Å². The van der Waals surface area contributed by atoms with Gasteiger partial charge in [-0.3, -0.25) is 4.79 Å². The topological polar surface area (TPSA) is 53.4 Å². The third kappa shape index (κ3) is 4.57. The molecule has 1 N–H and O–H groups in total. The SMILES string of the molecule is CN(CC1CCCC1)C(=O)c1ccc(C#CCCO)cn1. The van der Waals surface area contributed by atoms with E-state index in [0.29, 0.717) is 18.0 Å². The molecule has 1 saturated carbocycles. The maximum absolute atomic E-state index is 12.3. The number of carbonyl (C=O) groups excluding carboxylic acids is 1. The van der Waals surface area contributed by atoms with Gasteiger partial charge in [0.05, 0.1) is 6.61 Å². The number of aromatic nitrogens is 1. The average Bonchev–Trinajstić information content (AvgIpc) is 3.00. The van der Waals surface area contributed by atoms with Gasteiger partial charge in [-0.1, -0.05) is 24.7 Å². The smallest absolute Gasteiger partial charge is 0.272 e. The van der Waals surface area contributed by atoms with Crippen molar-refractivity contribution in [3.8, 4) is 11.8 Å². The Bertz CT molecular complexity index is 522. The largest absolute Gasteiger partial charge is 0.395 e. The first-order valence-corrected chi connectivity index (χ1v) is 7.52. The summed E-state index contributed by atoms with van der Waals surface area (Å²) >= 11 is 0. The highest BCUT2D eigenvalue weighted by Crippen LogP contribution is 2.25. The summed E-state index contributed by atoms with van der Waals surface area (Å²) in [5, 5.41) is 8.67. The van der Waals surface area contributed by atoms with Crippen LogP contribution in [0.4, 0.5) is 0 Å². The third-order valence-corrected chi connectivity index (χ3v) is 3.81. The van der Waals surface area contributed by atoms with Crippen molar-refractivity contribution in [2.24, 2.45) is 5.92 Å². The molecule has 0 bridgehead atoms. The van der Waals surface area contributed by atoms with Gasteiger partial charge in [0.2, 0.25) is 0 Å². The summed E-state index contributed by atoms with van der Waals surface area (Å²) in [6.45, 7) is 0.877. The molecule has 21 heavy (non-hydrogen) atoms. The summed E-state index contributed by atoms with van der Waals surface area (Å²) < 4.78 is 0. The van der Waals surface area contributed by atoms with Gasteiger partial charge >= 0.3 is 0 Å². The molecule has 1 fully saturated rings. The van der Waals surface area contributed by atoms with Gasteiger partial charge in [-0.2, -0.15) is 0 Å². The first-order chi connectivity index (χ1) is 10.2. The molecule has 4 heteroatoms. The van der Waals surface area contributed by atoms with Crippen molar-refractivity contribution in [1.82, 2.24) is 9.88 Å². The van der Waals surface area contributed by atoms with E-state index in [9.17, 15) is 4.79 Å².